The van der Waals surface area contributed by atoms with E-state index in [0.717, 1.165) is 22.6 Å². The van der Waals surface area contributed by atoms with Gasteiger partial charge in [0.05, 0.1) is 18.8 Å². The van der Waals surface area contributed by atoms with Crippen molar-refractivity contribution in [3.05, 3.63) is 108 Å². The molecule has 0 bridgehead atoms. The number of nitrogens with one attached hydrogen (secondary N) is 1. The average molecular weight is 416 g/mol. The molecule has 0 saturated heterocycles. The lowest BCUT2D eigenvalue weighted by Gasteiger charge is -2.20. The van der Waals surface area contributed by atoms with E-state index in [-0.39, 0.29) is 17.8 Å². The average Bonchev–Trinajstić information content (AvgIpc) is 3.35. The molecule has 0 spiro atoms. The van der Waals surface area contributed by atoms with Crippen molar-refractivity contribution in [3.8, 4) is 11.4 Å². The fourth-order valence-corrected chi connectivity index (χ4v) is 3.29. The van der Waals surface area contributed by atoms with E-state index in [0.29, 0.717) is 12.0 Å². The Morgan fingerprint density at radius 1 is 1.03 bits per heavy atom. The molecule has 6 nitrogen and oxygen atoms in total. The van der Waals surface area contributed by atoms with Gasteiger partial charge in [-0.2, -0.15) is 5.10 Å². The van der Waals surface area contributed by atoms with Crippen molar-refractivity contribution in [3.63, 3.8) is 0 Å². The topological polar surface area (TPSA) is 69.0 Å². The molecule has 3 aromatic carbocycles. The summed E-state index contributed by atoms with van der Waals surface area (Å²) in [5.74, 6) is 0.244. The van der Waals surface area contributed by atoms with E-state index in [1.54, 1.807) is 42.4 Å². The van der Waals surface area contributed by atoms with Crippen LogP contribution in [0.3, 0.4) is 0 Å². The molecular weight excluding hydrogens is 395 g/mol. The quantitative estimate of drug-likeness (QED) is 0.492. The Morgan fingerprint density at radius 2 is 1.74 bits per heavy atom. The van der Waals surface area contributed by atoms with Crippen LogP contribution in [-0.2, 0) is 6.42 Å². The summed E-state index contributed by atoms with van der Waals surface area (Å²) in [6.07, 6.45) is 3.57. The van der Waals surface area contributed by atoms with Gasteiger partial charge in [0, 0.05) is 5.56 Å². The minimum atomic E-state index is -0.293. The van der Waals surface area contributed by atoms with Gasteiger partial charge in [-0.05, 0) is 66.1 Å². The summed E-state index contributed by atoms with van der Waals surface area (Å²) in [4.78, 5) is 16.9. The highest BCUT2D eigenvalue weighted by molar-refractivity contribution is 5.94. The first-order valence-electron chi connectivity index (χ1n) is 9.77. The number of carbonyl (C=O) groups excluding carboxylic acids is 1. The Bertz CT molecular complexity index is 1130. The van der Waals surface area contributed by atoms with Gasteiger partial charge in [-0.1, -0.05) is 24.3 Å². The monoisotopic (exact) mass is 416 g/mol. The summed E-state index contributed by atoms with van der Waals surface area (Å²) in [5, 5.41) is 7.18. The fourth-order valence-electron chi connectivity index (χ4n) is 3.29. The third-order valence-corrected chi connectivity index (χ3v) is 4.99. The van der Waals surface area contributed by atoms with Gasteiger partial charge in [-0.3, -0.25) is 4.79 Å². The van der Waals surface area contributed by atoms with Gasteiger partial charge in [0.1, 0.15) is 24.2 Å². The second kappa shape index (κ2) is 9.21. The molecule has 0 saturated carbocycles. The Kier molecular flexibility index (Phi) is 6.03. The summed E-state index contributed by atoms with van der Waals surface area (Å²) >= 11 is 0. The van der Waals surface area contributed by atoms with Crippen LogP contribution in [0.5, 0.6) is 5.75 Å². The smallest absolute Gasteiger partial charge is 0.251 e. The molecule has 0 fully saturated rings. The summed E-state index contributed by atoms with van der Waals surface area (Å²) in [6.45, 7) is 0. The first-order valence-corrected chi connectivity index (χ1v) is 9.77. The van der Waals surface area contributed by atoms with Crippen LogP contribution in [0.25, 0.3) is 5.69 Å². The lowest BCUT2D eigenvalue weighted by Crippen LogP contribution is -2.30. The van der Waals surface area contributed by atoms with E-state index >= 15 is 0 Å². The molecule has 4 aromatic rings. The maximum absolute atomic E-state index is 13.3. The zero-order chi connectivity index (χ0) is 21.6. The van der Waals surface area contributed by atoms with Gasteiger partial charge >= 0.3 is 0 Å². The molecule has 4 rings (SSSR count). The molecular formula is C24H21FN4O2. The van der Waals surface area contributed by atoms with Crippen LogP contribution in [0, 0.1) is 5.82 Å². The third-order valence-electron chi connectivity index (χ3n) is 4.99. The summed E-state index contributed by atoms with van der Waals surface area (Å²) in [5.41, 5.74) is 3.19. The van der Waals surface area contributed by atoms with Crippen LogP contribution >= 0.6 is 0 Å². The maximum Gasteiger partial charge on any atom is 0.251 e. The number of rotatable bonds is 7. The number of halogens is 1. The molecule has 1 N–H and O–H groups in total. The number of benzene rings is 3. The predicted octanol–water partition coefficient (Wildman–Crippen LogP) is 4.13. The molecule has 1 heterocycles. The minimum Gasteiger partial charge on any atom is -0.497 e. The molecule has 31 heavy (non-hydrogen) atoms. The first-order chi connectivity index (χ1) is 15.1. The van der Waals surface area contributed by atoms with E-state index < -0.39 is 0 Å². The Hall–Kier alpha value is -4.00. The Balaban J connectivity index is 1.55. The molecule has 7 heteroatoms. The van der Waals surface area contributed by atoms with Crippen LogP contribution in [0.4, 0.5) is 4.39 Å². The zero-order valence-electron chi connectivity index (χ0n) is 16.9. The van der Waals surface area contributed by atoms with Gasteiger partial charge < -0.3 is 10.1 Å². The molecule has 156 valence electrons. The van der Waals surface area contributed by atoms with Crippen molar-refractivity contribution in [2.24, 2.45) is 0 Å². The molecule has 0 aliphatic heterocycles. The van der Waals surface area contributed by atoms with Crippen molar-refractivity contribution in [2.75, 3.05) is 7.11 Å². The highest BCUT2D eigenvalue weighted by Crippen LogP contribution is 2.22. The second-order valence-corrected chi connectivity index (χ2v) is 7.02. The highest BCUT2D eigenvalue weighted by Gasteiger charge is 2.17. The fraction of sp³-hybridized carbons (Fsp3) is 0.125. The largest absolute Gasteiger partial charge is 0.497 e. The molecule has 0 aliphatic carbocycles. The Morgan fingerprint density at radius 3 is 2.35 bits per heavy atom. The van der Waals surface area contributed by atoms with Crippen LogP contribution in [0.2, 0.25) is 0 Å². The first kappa shape index (κ1) is 20.3. The lowest BCUT2D eigenvalue weighted by atomic mass is 9.98. The molecule has 0 aliphatic rings. The van der Waals surface area contributed by atoms with Crippen LogP contribution in [-0.4, -0.2) is 27.8 Å². The van der Waals surface area contributed by atoms with Crippen LogP contribution in [0.15, 0.2) is 85.5 Å². The number of methoxy groups -OCH3 is 1. The number of hydrogen-bond acceptors (Lipinski definition) is 4. The van der Waals surface area contributed by atoms with Crippen molar-refractivity contribution < 1.29 is 13.9 Å². The van der Waals surface area contributed by atoms with E-state index in [9.17, 15) is 9.18 Å². The Labute approximate surface area is 179 Å². The summed E-state index contributed by atoms with van der Waals surface area (Å²) in [6, 6.07) is 20.7. The number of ether oxygens (including phenoxy) is 1. The SMILES string of the molecule is COc1ccc(C(Cc2ccc(F)cc2)NC(=O)c2ccc(-n3cncn3)cc2)cc1. The molecule has 1 amide bonds. The van der Waals surface area contributed by atoms with Crippen LogP contribution in [0.1, 0.15) is 27.5 Å². The molecule has 1 aromatic heterocycles. The van der Waals surface area contributed by atoms with Crippen molar-refractivity contribution in [1.82, 2.24) is 20.1 Å². The highest BCUT2D eigenvalue weighted by atomic mass is 19.1. The number of aromatic nitrogens is 3. The standard InChI is InChI=1S/C24H21FN4O2/c1-31-22-12-6-18(7-13-22)23(14-17-2-8-20(25)9-3-17)28-24(30)19-4-10-21(11-5-19)29-16-26-15-27-29/h2-13,15-16,23H,14H2,1H3,(H,28,30). The number of hydrogen-bond donors (Lipinski definition) is 1. The second-order valence-electron chi connectivity index (χ2n) is 7.02. The van der Waals surface area contributed by atoms with Crippen LogP contribution < -0.4 is 10.1 Å². The van der Waals surface area contributed by atoms with Gasteiger partial charge in [0.2, 0.25) is 0 Å². The van der Waals surface area contributed by atoms with Gasteiger partial charge in [0.25, 0.3) is 5.91 Å². The van der Waals surface area contributed by atoms with E-state index in [1.807, 2.05) is 36.4 Å². The summed E-state index contributed by atoms with van der Waals surface area (Å²) in [7, 11) is 1.61. The third kappa shape index (κ3) is 4.95. The molecule has 0 radical (unpaired) electrons. The van der Waals surface area contributed by atoms with Gasteiger partial charge in [-0.25, -0.2) is 14.1 Å². The zero-order valence-corrected chi connectivity index (χ0v) is 16.9. The predicted molar refractivity (Wildman–Crippen MR) is 115 cm³/mol. The van der Waals surface area contributed by atoms with Crippen molar-refractivity contribution in [1.29, 1.82) is 0 Å². The lowest BCUT2D eigenvalue weighted by molar-refractivity contribution is 0.0936. The van der Waals surface area contributed by atoms with Gasteiger partial charge in [0.15, 0.2) is 0 Å². The van der Waals surface area contributed by atoms with Crippen molar-refractivity contribution >= 4 is 5.91 Å². The number of nitrogens with zero attached hydrogens (tertiary/aromatic N) is 3. The van der Waals surface area contributed by atoms with Crippen molar-refractivity contribution in [2.45, 2.75) is 12.5 Å². The molecule has 1 unspecified atom stereocenters. The maximum atomic E-state index is 13.3. The number of amides is 1. The minimum absolute atomic E-state index is 0.201. The van der Waals surface area contributed by atoms with E-state index in [2.05, 4.69) is 15.4 Å². The van der Waals surface area contributed by atoms with E-state index in [1.165, 1.54) is 18.5 Å². The normalized spacial score (nSPS) is 11.7. The molecule has 1 atom stereocenters. The van der Waals surface area contributed by atoms with E-state index in [4.69, 9.17) is 4.74 Å². The van der Waals surface area contributed by atoms with Gasteiger partial charge in [-0.15, -0.1) is 0 Å². The summed E-state index contributed by atoms with van der Waals surface area (Å²) < 4.78 is 20.2. The number of carbonyl (C=O) groups is 1.